The van der Waals surface area contributed by atoms with Gasteiger partial charge < -0.3 is 9.84 Å². The van der Waals surface area contributed by atoms with Crippen LogP contribution < -0.4 is 4.74 Å². The molecule has 0 aliphatic rings. The van der Waals surface area contributed by atoms with E-state index in [1.807, 2.05) is 31.2 Å². The van der Waals surface area contributed by atoms with Crippen LogP contribution in [0.25, 0.3) is 10.8 Å². The summed E-state index contributed by atoms with van der Waals surface area (Å²) in [7, 11) is 0. The van der Waals surface area contributed by atoms with Crippen molar-refractivity contribution in [2.24, 2.45) is 0 Å². The lowest BCUT2D eigenvalue weighted by molar-refractivity contribution is 0.342. The highest BCUT2D eigenvalue weighted by Crippen LogP contribution is 2.29. The predicted molar refractivity (Wildman–Crippen MR) is 55.6 cm³/mol. The molecule has 0 unspecified atom stereocenters. The maximum absolute atomic E-state index is 9.40. The summed E-state index contributed by atoms with van der Waals surface area (Å²) in [6.45, 7) is 2.51. The van der Waals surface area contributed by atoms with Gasteiger partial charge >= 0.3 is 0 Å². The number of ether oxygens (including phenoxy) is 1. The first kappa shape index (κ1) is 8.88. The van der Waals surface area contributed by atoms with E-state index in [9.17, 15) is 5.11 Å². The van der Waals surface area contributed by atoms with Crippen molar-refractivity contribution in [3.63, 3.8) is 0 Å². The smallest absolute Gasteiger partial charge is 0.130 e. The molecule has 0 saturated carbocycles. The Kier molecular flexibility index (Phi) is 2.27. The number of benzene rings is 2. The molecule has 14 heavy (non-hydrogen) atoms. The number of fused-ring (bicyclic) bond motifs is 1. The van der Waals surface area contributed by atoms with Crippen LogP contribution in [0.15, 0.2) is 30.3 Å². The zero-order valence-corrected chi connectivity index (χ0v) is 7.95. The molecule has 1 radical (unpaired) electrons. The maximum atomic E-state index is 9.40. The zero-order valence-electron chi connectivity index (χ0n) is 7.95. The van der Waals surface area contributed by atoms with E-state index in [-0.39, 0.29) is 5.75 Å². The van der Waals surface area contributed by atoms with Crippen molar-refractivity contribution >= 4 is 10.8 Å². The molecule has 0 bridgehead atoms. The Morgan fingerprint density at radius 1 is 1.36 bits per heavy atom. The quantitative estimate of drug-likeness (QED) is 0.783. The first-order chi connectivity index (χ1) is 6.81. The van der Waals surface area contributed by atoms with Crippen molar-refractivity contribution in [3.8, 4) is 11.5 Å². The average molecular weight is 187 g/mol. The molecule has 0 atom stereocenters. The molecule has 1 N–H and O–H groups in total. The van der Waals surface area contributed by atoms with Gasteiger partial charge in [0.2, 0.25) is 0 Å². The van der Waals surface area contributed by atoms with E-state index in [2.05, 4.69) is 6.07 Å². The molecule has 71 valence electrons. The minimum atomic E-state index is 0.118. The number of phenols is 1. The fraction of sp³-hybridized carbons (Fsp3) is 0.167. The molecule has 0 amide bonds. The highest BCUT2D eigenvalue weighted by molar-refractivity contribution is 5.89. The number of phenolic OH excluding ortho intramolecular Hbond substituents is 1. The van der Waals surface area contributed by atoms with Gasteiger partial charge in [-0.3, -0.25) is 0 Å². The maximum Gasteiger partial charge on any atom is 0.130 e. The van der Waals surface area contributed by atoms with Crippen LogP contribution in [0.4, 0.5) is 0 Å². The first-order valence-corrected chi connectivity index (χ1v) is 4.58. The lowest BCUT2D eigenvalue weighted by Crippen LogP contribution is -1.92. The SMILES string of the molecule is CCOc1cc(O)[c]c2ccccc12. The van der Waals surface area contributed by atoms with E-state index in [4.69, 9.17) is 4.74 Å². The number of hydrogen-bond donors (Lipinski definition) is 1. The highest BCUT2D eigenvalue weighted by Gasteiger charge is 2.03. The Morgan fingerprint density at radius 3 is 2.93 bits per heavy atom. The molecule has 2 heteroatoms. The topological polar surface area (TPSA) is 29.5 Å². The third-order valence-electron chi connectivity index (χ3n) is 2.02. The highest BCUT2D eigenvalue weighted by atomic mass is 16.5. The predicted octanol–water partition coefficient (Wildman–Crippen LogP) is 2.74. The second kappa shape index (κ2) is 3.58. The first-order valence-electron chi connectivity index (χ1n) is 4.58. The summed E-state index contributed by atoms with van der Waals surface area (Å²) < 4.78 is 5.42. The molecule has 0 heterocycles. The van der Waals surface area contributed by atoms with Crippen LogP contribution in [0.3, 0.4) is 0 Å². The fourth-order valence-electron chi connectivity index (χ4n) is 1.46. The van der Waals surface area contributed by atoms with Crippen LogP contribution in [0.5, 0.6) is 11.5 Å². The van der Waals surface area contributed by atoms with Gasteiger partial charge in [-0.15, -0.1) is 0 Å². The van der Waals surface area contributed by atoms with Gasteiger partial charge in [-0.2, -0.15) is 0 Å². The van der Waals surface area contributed by atoms with E-state index < -0.39 is 0 Å². The Bertz CT molecular complexity index is 449. The van der Waals surface area contributed by atoms with E-state index in [1.165, 1.54) is 0 Å². The van der Waals surface area contributed by atoms with Gasteiger partial charge in [0.1, 0.15) is 11.5 Å². The van der Waals surface area contributed by atoms with E-state index in [0.29, 0.717) is 12.4 Å². The largest absolute Gasteiger partial charge is 0.507 e. The third kappa shape index (κ3) is 1.51. The summed E-state index contributed by atoms with van der Waals surface area (Å²) in [6, 6.07) is 12.2. The average Bonchev–Trinajstić information content (AvgIpc) is 2.18. The lowest BCUT2D eigenvalue weighted by Gasteiger charge is -2.07. The molecule has 0 aliphatic carbocycles. The summed E-state index contributed by atoms with van der Waals surface area (Å²) in [5, 5.41) is 11.3. The summed E-state index contributed by atoms with van der Waals surface area (Å²) in [5.41, 5.74) is 0. The van der Waals surface area contributed by atoms with Gasteiger partial charge in [-0.05, 0) is 12.3 Å². The molecule has 0 saturated heterocycles. The molecular formula is C12H11O2. The Labute approximate surface area is 82.8 Å². The van der Waals surface area contributed by atoms with Crippen LogP contribution in [0.1, 0.15) is 6.92 Å². The van der Waals surface area contributed by atoms with Crippen LogP contribution in [-0.4, -0.2) is 11.7 Å². The van der Waals surface area contributed by atoms with Gasteiger partial charge in [0, 0.05) is 17.5 Å². The number of hydrogen-bond acceptors (Lipinski definition) is 2. The van der Waals surface area contributed by atoms with Gasteiger partial charge in [0.05, 0.1) is 6.61 Å². The van der Waals surface area contributed by atoms with Crippen molar-refractivity contribution in [1.82, 2.24) is 0 Å². The molecule has 2 nitrogen and oxygen atoms in total. The summed E-state index contributed by atoms with van der Waals surface area (Å²) >= 11 is 0. The van der Waals surface area contributed by atoms with Crippen LogP contribution >= 0.6 is 0 Å². The summed E-state index contributed by atoms with van der Waals surface area (Å²) in [4.78, 5) is 0. The fourth-order valence-corrected chi connectivity index (χ4v) is 1.46. The lowest BCUT2D eigenvalue weighted by atomic mass is 10.1. The van der Waals surface area contributed by atoms with Gasteiger partial charge in [0.25, 0.3) is 0 Å². The van der Waals surface area contributed by atoms with Crippen molar-refractivity contribution in [1.29, 1.82) is 0 Å². The Hall–Kier alpha value is -1.70. The van der Waals surface area contributed by atoms with Gasteiger partial charge in [0.15, 0.2) is 0 Å². The molecule has 0 fully saturated rings. The van der Waals surface area contributed by atoms with E-state index >= 15 is 0 Å². The molecule has 2 aromatic carbocycles. The van der Waals surface area contributed by atoms with Crippen molar-refractivity contribution in [3.05, 3.63) is 36.4 Å². The monoisotopic (exact) mass is 187 g/mol. The molecule has 0 spiro atoms. The Balaban J connectivity index is 2.67. The molecule has 0 aliphatic heterocycles. The normalized spacial score (nSPS) is 10.4. The second-order valence-corrected chi connectivity index (χ2v) is 3.00. The minimum Gasteiger partial charge on any atom is -0.507 e. The van der Waals surface area contributed by atoms with Crippen molar-refractivity contribution in [2.45, 2.75) is 6.92 Å². The van der Waals surface area contributed by atoms with Crippen LogP contribution in [-0.2, 0) is 0 Å². The number of aromatic hydroxyl groups is 1. The number of rotatable bonds is 2. The van der Waals surface area contributed by atoms with Gasteiger partial charge in [-0.1, -0.05) is 24.3 Å². The molecule has 2 rings (SSSR count). The minimum absolute atomic E-state index is 0.118. The third-order valence-corrected chi connectivity index (χ3v) is 2.02. The van der Waals surface area contributed by atoms with E-state index in [0.717, 1.165) is 10.8 Å². The standard InChI is InChI=1S/C12H11O2/c1-2-14-12-8-10(13)7-9-5-3-4-6-11(9)12/h3-6,8,13H,2H2,1H3. The van der Waals surface area contributed by atoms with Crippen molar-refractivity contribution in [2.75, 3.05) is 6.61 Å². The van der Waals surface area contributed by atoms with Crippen LogP contribution in [0, 0.1) is 6.07 Å². The van der Waals surface area contributed by atoms with Crippen molar-refractivity contribution < 1.29 is 9.84 Å². The molecule has 0 aromatic heterocycles. The summed E-state index contributed by atoms with van der Waals surface area (Å²) in [6.07, 6.45) is 0. The molecular weight excluding hydrogens is 176 g/mol. The Morgan fingerprint density at radius 2 is 2.14 bits per heavy atom. The van der Waals surface area contributed by atoms with E-state index in [1.54, 1.807) is 6.07 Å². The second-order valence-electron chi connectivity index (χ2n) is 3.00. The zero-order chi connectivity index (χ0) is 9.97. The van der Waals surface area contributed by atoms with Gasteiger partial charge in [-0.25, -0.2) is 0 Å². The van der Waals surface area contributed by atoms with Crippen LogP contribution in [0.2, 0.25) is 0 Å². The molecule has 2 aromatic rings. The summed E-state index contributed by atoms with van der Waals surface area (Å²) in [5.74, 6) is 0.825.